The van der Waals surface area contributed by atoms with Crippen molar-refractivity contribution in [2.45, 2.75) is 19.4 Å². The first-order chi connectivity index (χ1) is 12.0. The topological polar surface area (TPSA) is 34.5 Å². The lowest BCUT2D eigenvalue weighted by atomic mass is 9.66. The predicted octanol–water partition coefficient (Wildman–Crippen LogP) is 3.89. The minimum absolute atomic E-state index is 0.00848. The normalized spacial score (nSPS) is 25.0. The number of carbonyl (C=O) groups excluding carboxylic acids is 1. The molecule has 0 spiro atoms. The molecule has 2 aromatic rings. The number of fused-ring (bicyclic) bond motifs is 6. The van der Waals surface area contributed by atoms with Gasteiger partial charge in [-0.3, -0.25) is 4.79 Å². The lowest BCUT2D eigenvalue weighted by Gasteiger charge is -2.47. The number of allylic oxidation sites excluding steroid dienone is 2. The third kappa shape index (κ3) is 1.97. The van der Waals surface area contributed by atoms with Crippen LogP contribution in [0.15, 0.2) is 42.6 Å². The van der Waals surface area contributed by atoms with Crippen LogP contribution in [0.5, 0.6) is 0 Å². The molecule has 2 aliphatic rings. The number of nitrogens with zero attached hydrogens (tertiary/aromatic N) is 2. The highest BCUT2D eigenvalue weighted by atomic mass is 16.5. The molecule has 1 aromatic carbocycles. The van der Waals surface area contributed by atoms with E-state index in [1.807, 2.05) is 0 Å². The van der Waals surface area contributed by atoms with Gasteiger partial charge in [0.15, 0.2) is 0 Å². The Bertz CT molecular complexity index is 921. The van der Waals surface area contributed by atoms with Crippen LogP contribution in [0.2, 0.25) is 0 Å². The van der Waals surface area contributed by atoms with E-state index in [0.29, 0.717) is 0 Å². The van der Waals surface area contributed by atoms with Gasteiger partial charge in [-0.25, -0.2) is 0 Å². The number of carbonyl (C=O) groups is 1. The number of esters is 1. The lowest BCUT2D eigenvalue weighted by molar-refractivity contribution is -0.149. The minimum atomic E-state index is -0.249. The summed E-state index contributed by atoms with van der Waals surface area (Å²) in [5.74, 6) is -0.393. The molecule has 4 nitrogen and oxygen atoms in total. The van der Waals surface area contributed by atoms with E-state index in [1.165, 1.54) is 34.8 Å². The van der Waals surface area contributed by atoms with Crippen molar-refractivity contribution in [3.63, 3.8) is 0 Å². The zero-order chi connectivity index (χ0) is 17.9. The van der Waals surface area contributed by atoms with Crippen molar-refractivity contribution in [2.24, 2.45) is 18.9 Å². The minimum Gasteiger partial charge on any atom is -0.469 e. The zero-order valence-electron chi connectivity index (χ0n) is 15.2. The fraction of sp³-hybridized carbons (Fsp3) is 0.381. The average molecular weight is 336 g/mol. The monoisotopic (exact) mass is 336 g/mol. The van der Waals surface area contributed by atoms with E-state index in [9.17, 15) is 4.79 Å². The van der Waals surface area contributed by atoms with Gasteiger partial charge in [0.05, 0.1) is 24.8 Å². The molecule has 4 heteroatoms. The number of benzene rings is 1. The van der Waals surface area contributed by atoms with Crippen LogP contribution in [0.3, 0.4) is 0 Å². The van der Waals surface area contributed by atoms with Gasteiger partial charge in [-0.1, -0.05) is 31.7 Å². The molecule has 0 saturated heterocycles. The number of hydrogen-bond donors (Lipinski definition) is 0. The largest absolute Gasteiger partial charge is 0.469 e. The maximum Gasteiger partial charge on any atom is 0.312 e. The molecule has 0 radical (unpaired) electrons. The van der Waals surface area contributed by atoms with E-state index < -0.39 is 0 Å². The second-order valence-corrected chi connectivity index (χ2v) is 7.06. The Morgan fingerprint density at radius 1 is 1.28 bits per heavy atom. The van der Waals surface area contributed by atoms with Gasteiger partial charge >= 0.3 is 5.97 Å². The van der Waals surface area contributed by atoms with Gasteiger partial charge in [-0.2, -0.15) is 0 Å². The van der Waals surface area contributed by atoms with E-state index in [2.05, 4.69) is 67.5 Å². The summed E-state index contributed by atoms with van der Waals surface area (Å²) in [6.45, 7) is 6.57. The van der Waals surface area contributed by atoms with Gasteiger partial charge in [0.1, 0.15) is 0 Å². The molecule has 130 valence electrons. The third-order valence-corrected chi connectivity index (χ3v) is 5.91. The van der Waals surface area contributed by atoms with Gasteiger partial charge < -0.3 is 14.2 Å². The number of aryl methyl sites for hydroxylation is 1. The van der Waals surface area contributed by atoms with Crippen molar-refractivity contribution in [1.29, 1.82) is 0 Å². The first-order valence-electron chi connectivity index (χ1n) is 8.78. The van der Waals surface area contributed by atoms with Crippen molar-refractivity contribution >= 4 is 22.4 Å². The molecular weight excluding hydrogens is 312 g/mol. The second-order valence-electron chi connectivity index (χ2n) is 7.06. The third-order valence-electron chi connectivity index (χ3n) is 5.91. The van der Waals surface area contributed by atoms with Gasteiger partial charge in [-0.05, 0) is 29.8 Å². The highest BCUT2D eigenvalue weighted by Gasteiger charge is 2.50. The SMILES string of the molecule is C=C1c2c(c3ccccc3n2C)C2C(C(=O)OC)C1C(CC)=CN2C. The first-order valence-corrected chi connectivity index (χ1v) is 8.78. The molecular formula is C21H24N2O2. The lowest BCUT2D eigenvalue weighted by Crippen LogP contribution is -2.45. The van der Waals surface area contributed by atoms with Crippen LogP contribution in [0, 0.1) is 11.8 Å². The van der Waals surface area contributed by atoms with Crippen LogP contribution in [0.25, 0.3) is 16.5 Å². The van der Waals surface area contributed by atoms with Gasteiger partial charge in [0, 0.05) is 36.5 Å². The molecule has 0 amide bonds. The summed E-state index contributed by atoms with van der Waals surface area (Å²) in [7, 11) is 5.64. The standard InChI is InChI=1S/C21H24N2O2/c1-6-13-11-22(3)20-17-14-9-7-8-10-15(14)23(4)19(17)12(2)16(13)18(20)21(24)25-5/h7-11,16,18,20H,2,6H2,1,3-5H3. The Morgan fingerprint density at radius 3 is 2.68 bits per heavy atom. The number of rotatable bonds is 2. The summed E-state index contributed by atoms with van der Waals surface area (Å²) in [6, 6.07) is 8.36. The van der Waals surface area contributed by atoms with E-state index in [1.54, 1.807) is 0 Å². The van der Waals surface area contributed by atoms with Crippen LogP contribution in [0.1, 0.15) is 30.6 Å². The smallest absolute Gasteiger partial charge is 0.312 e. The van der Waals surface area contributed by atoms with E-state index in [0.717, 1.165) is 12.0 Å². The first kappa shape index (κ1) is 16.0. The van der Waals surface area contributed by atoms with Crippen molar-refractivity contribution in [3.8, 4) is 0 Å². The van der Waals surface area contributed by atoms with Crippen molar-refractivity contribution in [2.75, 3.05) is 14.2 Å². The predicted molar refractivity (Wildman–Crippen MR) is 99.8 cm³/mol. The number of ether oxygens (including phenoxy) is 1. The van der Waals surface area contributed by atoms with Crippen LogP contribution in [-0.2, 0) is 16.6 Å². The highest BCUT2D eigenvalue weighted by molar-refractivity contribution is 5.95. The van der Waals surface area contributed by atoms with Gasteiger partial charge in [0.2, 0.25) is 0 Å². The molecule has 25 heavy (non-hydrogen) atoms. The Morgan fingerprint density at radius 2 is 2.00 bits per heavy atom. The summed E-state index contributed by atoms with van der Waals surface area (Å²) >= 11 is 0. The van der Waals surface area contributed by atoms with Crippen molar-refractivity contribution in [3.05, 3.63) is 53.9 Å². The van der Waals surface area contributed by atoms with Crippen LogP contribution >= 0.6 is 0 Å². The maximum absolute atomic E-state index is 12.8. The van der Waals surface area contributed by atoms with Crippen LogP contribution in [-0.4, -0.2) is 29.6 Å². The van der Waals surface area contributed by atoms with E-state index in [4.69, 9.17) is 4.74 Å². The number of para-hydroxylation sites is 1. The van der Waals surface area contributed by atoms with Gasteiger partial charge in [0.25, 0.3) is 0 Å². The average Bonchev–Trinajstić information content (AvgIpc) is 2.92. The summed E-state index contributed by atoms with van der Waals surface area (Å²) < 4.78 is 7.44. The van der Waals surface area contributed by atoms with Gasteiger partial charge in [-0.15, -0.1) is 0 Å². The quantitative estimate of drug-likeness (QED) is 0.780. The molecule has 1 aliphatic heterocycles. The fourth-order valence-corrected chi connectivity index (χ4v) is 4.88. The van der Waals surface area contributed by atoms with E-state index >= 15 is 0 Å². The Balaban J connectivity index is 2.07. The molecule has 0 fully saturated rings. The number of aromatic nitrogens is 1. The number of hydrogen-bond acceptors (Lipinski definition) is 3. The maximum atomic E-state index is 12.8. The van der Waals surface area contributed by atoms with Crippen LogP contribution < -0.4 is 0 Å². The summed E-state index contributed by atoms with van der Waals surface area (Å²) in [4.78, 5) is 15.0. The van der Waals surface area contributed by atoms with Crippen molar-refractivity contribution < 1.29 is 9.53 Å². The van der Waals surface area contributed by atoms with Crippen LogP contribution in [0.4, 0.5) is 0 Å². The molecule has 1 aliphatic carbocycles. The molecule has 3 atom stereocenters. The Hall–Kier alpha value is -2.49. The molecule has 2 heterocycles. The Kier molecular flexibility index (Phi) is 3.53. The molecule has 3 unspecified atom stereocenters. The second kappa shape index (κ2) is 5.51. The fourth-order valence-electron chi connectivity index (χ4n) is 4.88. The summed E-state index contributed by atoms with van der Waals surface area (Å²) in [5, 5.41) is 1.19. The summed E-state index contributed by atoms with van der Waals surface area (Å²) in [5.41, 5.74) is 5.82. The number of methoxy groups -OCH3 is 1. The Labute approximate surface area is 148 Å². The van der Waals surface area contributed by atoms with Crippen molar-refractivity contribution in [1.82, 2.24) is 9.47 Å². The summed E-state index contributed by atoms with van der Waals surface area (Å²) in [6.07, 6.45) is 3.10. The molecule has 0 N–H and O–H groups in total. The molecule has 4 rings (SSSR count). The highest BCUT2D eigenvalue weighted by Crippen LogP contribution is 2.55. The molecule has 1 aromatic heterocycles. The van der Waals surface area contributed by atoms with E-state index in [-0.39, 0.29) is 23.8 Å². The molecule has 2 bridgehead atoms. The molecule has 0 saturated carbocycles. The zero-order valence-corrected chi connectivity index (χ0v) is 15.2.